The minimum absolute atomic E-state index is 0.0674. The highest BCUT2D eigenvalue weighted by molar-refractivity contribution is 6.39. The van der Waals surface area contributed by atoms with Crippen LogP contribution in [0.1, 0.15) is 90.9 Å². The molecule has 1 aliphatic heterocycles. The van der Waals surface area contributed by atoms with Crippen molar-refractivity contribution in [2.24, 2.45) is 0 Å². The molecule has 1 atom stereocenters. The van der Waals surface area contributed by atoms with Crippen molar-refractivity contribution in [3.8, 4) is 17.2 Å². The van der Waals surface area contributed by atoms with Gasteiger partial charge in [-0.15, -0.1) is 0 Å². The Morgan fingerprint density at radius 1 is 0.841 bits per heavy atom. The summed E-state index contributed by atoms with van der Waals surface area (Å²) in [5.74, 6) is -5.52. The fourth-order valence-electron chi connectivity index (χ4n) is 7.35. The molecule has 3 aliphatic carbocycles. The lowest BCUT2D eigenvalue weighted by Gasteiger charge is -2.32. The Morgan fingerprint density at radius 3 is 2.20 bits per heavy atom. The lowest BCUT2D eigenvalue weighted by atomic mass is 9.76. The standard InChI is InChI=1S/C34H28N2O8/c1-2-3-5-8-18-14-17-13-16-9-10-34(26(16)30(41)21(17)33(44)35-18)31(42)24-25(32(34)43)29(40)23-22(28(24)39)20(37)15-19(27(23)38)36-11-6-4-7-12-36/h2-3,5,8,13-15,39-41H,4,6-7,9-12H2,1H3,(H,35,44)/b3-2+,8-5+/t34-/m0/s1. The number of rotatable bonds is 3. The van der Waals surface area contributed by atoms with Crippen molar-refractivity contribution in [2.75, 3.05) is 13.1 Å². The van der Waals surface area contributed by atoms with Gasteiger partial charge in [0, 0.05) is 30.4 Å². The third-order valence-corrected chi connectivity index (χ3v) is 9.33. The van der Waals surface area contributed by atoms with Crippen molar-refractivity contribution >= 4 is 40.0 Å². The molecule has 4 N–H and O–H groups in total. The van der Waals surface area contributed by atoms with Crippen molar-refractivity contribution in [1.82, 2.24) is 9.88 Å². The summed E-state index contributed by atoms with van der Waals surface area (Å²) in [6, 6.07) is 3.32. The molecule has 1 aromatic heterocycles. The van der Waals surface area contributed by atoms with E-state index in [-0.39, 0.29) is 29.5 Å². The van der Waals surface area contributed by atoms with E-state index in [1.54, 1.807) is 35.3 Å². The quantitative estimate of drug-likeness (QED) is 0.198. The van der Waals surface area contributed by atoms with Gasteiger partial charge in [0.05, 0.1) is 33.3 Å². The molecular formula is C34H28N2O8. The number of phenols is 3. The number of Topliss-reactive ketones (excluding diaryl/α,β-unsaturated/α-hetero) is 3. The minimum atomic E-state index is -2.05. The van der Waals surface area contributed by atoms with Crippen LogP contribution in [0.5, 0.6) is 17.2 Å². The number of ketones is 4. The number of piperidine rings is 1. The van der Waals surface area contributed by atoms with E-state index >= 15 is 0 Å². The van der Waals surface area contributed by atoms with Crippen LogP contribution in [0.15, 0.2) is 46.9 Å². The summed E-state index contributed by atoms with van der Waals surface area (Å²) in [6.45, 7) is 2.92. The van der Waals surface area contributed by atoms with Crippen LogP contribution in [-0.2, 0) is 11.8 Å². The first-order valence-electron chi connectivity index (χ1n) is 14.6. The van der Waals surface area contributed by atoms with Crippen molar-refractivity contribution < 1.29 is 34.5 Å². The van der Waals surface area contributed by atoms with Crippen LogP contribution in [0.4, 0.5) is 0 Å². The van der Waals surface area contributed by atoms with Gasteiger partial charge >= 0.3 is 0 Å². The zero-order valence-corrected chi connectivity index (χ0v) is 23.8. The van der Waals surface area contributed by atoms with Crippen molar-refractivity contribution in [1.29, 1.82) is 0 Å². The van der Waals surface area contributed by atoms with Crippen LogP contribution in [0.3, 0.4) is 0 Å². The predicted octanol–water partition coefficient (Wildman–Crippen LogP) is 4.25. The number of allylic oxidation sites excluding steroid dienone is 5. The number of phenolic OH excluding ortho intramolecular Hbond substituents is 3. The van der Waals surface area contributed by atoms with E-state index in [0.29, 0.717) is 29.7 Å². The van der Waals surface area contributed by atoms with E-state index in [0.717, 1.165) is 25.3 Å². The molecule has 222 valence electrons. The Balaban J connectivity index is 1.40. The van der Waals surface area contributed by atoms with Gasteiger partial charge in [0.25, 0.3) is 5.56 Å². The molecule has 0 bridgehead atoms. The largest absolute Gasteiger partial charge is 0.507 e. The maximum absolute atomic E-state index is 14.3. The van der Waals surface area contributed by atoms with Gasteiger partial charge in [0.1, 0.15) is 22.7 Å². The van der Waals surface area contributed by atoms with Crippen molar-refractivity contribution in [3.05, 3.63) is 91.6 Å². The molecule has 1 fully saturated rings. The monoisotopic (exact) mass is 592 g/mol. The van der Waals surface area contributed by atoms with Gasteiger partial charge in [-0.05, 0) is 62.1 Å². The van der Waals surface area contributed by atoms with Gasteiger partial charge < -0.3 is 25.2 Å². The number of nitrogens with zero attached hydrogens (tertiary/aromatic N) is 1. The van der Waals surface area contributed by atoms with Gasteiger partial charge in [0.2, 0.25) is 5.78 Å². The fourth-order valence-corrected chi connectivity index (χ4v) is 7.35. The minimum Gasteiger partial charge on any atom is -0.507 e. The number of hydrogen-bond acceptors (Lipinski definition) is 9. The molecule has 7 rings (SSSR count). The van der Waals surface area contributed by atoms with Gasteiger partial charge in [-0.1, -0.05) is 24.3 Å². The molecular weight excluding hydrogens is 564 g/mol. The highest BCUT2D eigenvalue weighted by Crippen LogP contribution is 2.57. The second-order valence-electron chi connectivity index (χ2n) is 11.7. The number of benzene rings is 2. The predicted molar refractivity (Wildman–Crippen MR) is 161 cm³/mol. The Morgan fingerprint density at radius 2 is 1.52 bits per heavy atom. The number of likely N-dealkylation sites (tertiary alicyclic amines) is 1. The van der Waals surface area contributed by atoms with Crippen molar-refractivity contribution in [2.45, 2.75) is 44.4 Å². The summed E-state index contributed by atoms with van der Waals surface area (Å²) < 4.78 is 0. The molecule has 4 aliphatic rings. The number of aromatic nitrogens is 1. The SMILES string of the molecule is C/C=C/C=C/c1cc2cc3c(c(O)c2c(=O)[nH]1)[C@@]1(CC3)C(=O)c2c(O)c3c(c(O)c2C1=O)C(=O)C(N1CCCCC1)=CC3=O. The smallest absolute Gasteiger partial charge is 0.260 e. The summed E-state index contributed by atoms with van der Waals surface area (Å²) in [5, 5.41) is 34.6. The number of carbonyl (C=O) groups is 4. The topological polar surface area (TPSA) is 165 Å². The van der Waals surface area contributed by atoms with E-state index in [2.05, 4.69) is 4.98 Å². The number of aromatic amines is 1. The second-order valence-corrected chi connectivity index (χ2v) is 11.7. The Kier molecular flexibility index (Phi) is 6.04. The summed E-state index contributed by atoms with van der Waals surface area (Å²) in [6.07, 6.45) is 10.8. The van der Waals surface area contributed by atoms with Crippen LogP contribution in [0.2, 0.25) is 0 Å². The van der Waals surface area contributed by atoms with Crippen LogP contribution < -0.4 is 5.56 Å². The number of fused-ring (bicyclic) bond motifs is 5. The molecule has 2 heterocycles. The Bertz CT molecular complexity index is 2040. The molecule has 0 unspecified atom stereocenters. The fraction of sp³-hybridized carbons (Fsp3) is 0.265. The third kappa shape index (κ3) is 3.51. The number of hydrogen-bond donors (Lipinski definition) is 4. The van der Waals surface area contributed by atoms with Gasteiger partial charge in [-0.2, -0.15) is 0 Å². The molecule has 10 heteroatoms. The first kappa shape index (κ1) is 27.6. The van der Waals surface area contributed by atoms with Crippen LogP contribution in [0.25, 0.3) is 16.8 Å². The molecule has 1 saturated heterocycles. The maximum Gasteiger partial charge on any atom is 0.260 e. The summed E-state index contributed by atoms with van der Waals surface area (Å²) in [5.41, 5.74) is -3.90. The van der Waals surface area contributed by atoms with Gasteiger partial charge in [-0.3, -0.25) is 24.0 Å². The zero-order chi connectivity index (χ0) is 31.1. The molecule has 3 aromatic rings. The van der Waals surface area contributed by atoms with E-state index in [9.17, 15) is 39.3 Å². The number of pyridine rings is 1. The second kappa shape index (κ2) is 9.63. The summed E-state index contributed by atoms with van der Waals surface area (Å²) >= 11 is 0. The summed E-state index contributed by atoms with van der Waals surface area (Å²) in [4.78, 5) is 73.0. The van der Waals surface area contributed by atoms with Crippen molar-refractivity contribution in [3.63, 3.8) is 0 Å². The van der Waals surface area contributed by atoms with E-state index < -0.39 is 73.6 Å². The molecule has 1 spiro atoms. The van der Waals surface area contributed by atoms with Gasteiger partial charge in [-0.25, -0.2) is 0 Å². The number of aromatic hydroxyl groups is 3. The number of nitrogens with one attached hydrogen (secondary N) is 1. The molecule has 0 saturated carbocycles. The molecule has 0 amide bonds. The molecule has 10 nitrogen and oxygen atoms in total. The first-order chi connectivity index (χ1) is 21.1. The van der Waals surface area contributed by atoms with Crippen LogP contribution >= 0.6 is 0 Å². The average molecular weight is 593 g/mol. The highest BCUT2D eigenvalue weighted by Gasteiger charge is 2.61. The number of aryl methyl sites for hydroxylation is 1. The normalized spacial score (nSPS) is 21.2. The van der Waals surface area contributed by atoms with Crippen LogP contribution in [0, 0.1) is 0 Å². The number of carbonyl (C=O) groups excluding carboxylic acids is 4. The Labute approximate surface area is 250 Å². The molecule has 44 heavy (non-hydrogen) atoms. The lowest BCUT2D eigenvalue weighted by molar-refractivity contribution is 0.0790. The van der Waals surface area contributed by atoms with Crippen LogP contribution in [-0.4, -0.2) is 61.4 Å². The lowest BCUT2D eigenvalue weighted by Crippen LogP contribution is -2.36. The summed E-state index contributed by atoms with van der Waals surface area (Å²) in [7, 11) is 0. The molecule has 0 radical (unpaired) electrons. The highest BCUT2D eigenvalue weighted by atomic mass is 16.3. The van der Waals surface area contributed by atoms with Gasteiger partial charge in [0.15, 0.2) is 17.3 Å². The molecule has 2 aromatic carbocycles. The third-order valence-electron chi connectivity index (χ3n) is 9.33. The average Bonchev–Trinajstić information content (AvgIpc) is 3.49. The first-order valence-corrected chi connectivity index (χ1v) is 14.6. The van der Waals surface area contributed by atoms with E-state index in [1.807, 2.05) is 13.0 Å². The Hall–Kier alpha value is -5.25. The number of H-pyrrole nitrogens is 1. The van der Waals surface area contributed by atoms with E-state index in [1.165, 1.54) is 0 Å². The maximum atomic E-state index is 14.3. The van der Waals surface area contributed by atoms with E-state index in [4.69, 9.17) is 0 Å². The zero-order valence-electron chi connectivity index (χ0n) is 23.8.